The molecule has 4 heterocycles. The summed E-state index contributed by atoms with van der Waals surface area (Å²) in [6.07, 6.45) is -1.68. The summed E-state index contributed by atoms with van der Waals surface area (Å²) in [5.41, 5.74) is 2.75. The fourth-order valence-corrected chi connectivity index (χ4v) is 4.49. The first kappa shape index (κ1) is 28.4. The molecule has 0 spiro atoms. The third-order valence-corrected chi connectivity index (χ3v) is 6.50. The van der Waals surface area contributed by atoms with Crippen molar-refractivity contribution in [1.82, 2.24) is 24.5 Å². The fourth-order valence-electron chi connectivity index (χ4n) is 4.49. The van der Waals surface area contributed by atoms with Crippen LogP contribution in [0.4, 0.5) is 22.0 Å². The van der Waals surface area contributed by atoms with E-state index in [1.165, 1.54) is 30.1 Å². The number of nitrogens with two attached hydrogens (primary N) is 1. The van der Waals surface area contributed by atoms with Crippen molar-refractivity contribution in [3.05, 3.63) is 93.2 Å². The molecule has 5 rings (SSSR count). The fraction of sp³-hybridized carbons (Fsp3) is 0.148. The van der Waals surface area contributed by atoms with Gasteiger partial charge in [-0.1, -0.05) is 0 Å². The van der Waals surface area contributed by atoms with Crippen LogP contribution in [0.1, 0.15) is 22.4 Å². The lowest BCUT2D eigenvalue weighted by Crippen LogP contribution is -2.21. The van der Waals surface area contributed by atoms with Crippen LogP contribution in [0.25, 0.3) is 28.0 Å². The van der Waals surface area contributed by atoms with Crippen molar-refractivity contribution in [1.29, 1.82) is 0 Å². The quantitative estimate of drug-likeness (QED) is 0.220. The predicted octanol–water partition coefficient (Wildman–Crippen LogP) is 4.39. The molecule has 42 heavy (non-hydrogen) atoms. The molecule has 0 amide bonds. The highest BCUT2D eigenvalue weighted by Gasteiger charge is 2.36. The van der Waals surface area contributed by atoms with Gasteiger partial charge in [-0.15, -0.1) is 0 Å². The molecule has 0 unspecified atom stereocenters. The molecule has 0 saturated carbocycles. The number of benzene rings is 1. The standard InChI is InChI=1S/C27H19F5N6O4/c1-13-16(27(30,31)32)11-35-26(42-21-4-3-17(28)24(29)14(21)2)22(13)19-9-20(40)23-18(38(19)41-12-39)6-7-34-25(23)37-15(10-33)5-8-36-37/h3-9,11-12H,10,33H2,1-2H3. The smallest absolute Gasteiger partial charge is 0.418 e. The lowest BCUT2D eigenvalue weighted by Gasteiger charge is -2.21. The molecule has 5 aromatic rings. The first-order valence-electron chi connectivity index (χ1n) is 12.1. The minimum atomic E-state index is -4.88. The maximum atomic E-state index is 14.3. The molecule has 0 radical (unpaired) electrons. The Morgan fingerprint density at radius 1 is 1.05 bits per heavy atom. The number of nitrogens with zero attached hydrogens (tertiary/aromatic N) is 5. The number of carbonyl (C=O) groups is 1. The summed E-state index contributed by atoms with van der Waals surface area (Å²) in [4.78, 5) is 38.4. The third kappa shape index (κ3) is 4.72. The highest BCUT2D eigenvalue weighted by atomic mass is 19.4. The first-order chi connectivity index (χ1) is 20.0. The molecule has 4 aromatic heterocycles. The normalized spacial score (nSPS) is 11.6. The molecule has 0 aliphatic carbocycles. The van der Waals surface area contributed by atoms with E-state index in [0.717, 1.165) is 29.9 Å². The van der Waals surface area contributed by atoms with Crippen LogP contribution < -0.4 is 20.7 Å². The molecule has 15 heteroatoms. The van der Waals surface area contributed by atoms with Crippen molar-refractivity contribution in [2.24, 2.45) is 5.73 Å². The van der Waals surface area contributed by atoms with Gasteiger partial charge in [0.1, 0.15) is 5.75 Å². The van der Waals surface area contributed by atoms with Crippen molar-refractivity contribution in [3.63, 3.8) is 0 Å². The molecule has 0 aliphatic rings. The van der Waals surface area contributed by atoms with E-state index in [4.69, 9.17) is 15.3 Å². The Morgan fingerprint density at radius 2 is 1.81 bits per heavy atom. The minimum Gasteiger partial charge on any atom is -0.438 e. The van der Waals surface area contributed by atoms with Crippen molar-refractivity contribution in [2.45, 2.75) is 26.6 Å². The zero-order chi connectivity index (χ0) is 30.3. The van der Waals surface area contributed by atoms with Crippen LogP contribution in [0.15, 0.2) is 53.7 Å². The van der Waals surface area contributed by atoms with E-state index >= 15 is 0 Å². The van der Waals surface area contributed by atoms with Gasteiger partial charge in [-0.3, -0.25) is 9.59 Å². The average Bonchev–Trinajstić information content (AvgIpc) is 3.43. The summed E-state index contributed by atoms with van der Waals surface area (Å²) >= 11 is 0. The van der Waals surface area contributed by atoms with Crippen molar-refractivity contribution >= 4 is 17.4 Å². The van der Waals surface area contributed by atoms with Crippen LogP contribution in [0.2, 0.25) is 0 Å². The largest absolute Gasteiger partial charge is 0.438 e. The Bertz CT molecular complexity index is 1920. The van der Waals surface area contributed by atoms with Gasteiger partial charge in [0, 0.05) is 36.8 Å². The highest BCUT2D eigenvalue weighted by molar-refractivity contribution is 5.89. The molecule has 1 aromatic carbocycles. The molecule has 2 N–H and O–H groups in total. The number of ether oxygens (including phenoxy) is 1. The number of rotatable bonds is 7. The average molecular weight is 586 g/mol. The van der Waals surface area contributed by atoms with E-state index in [9.17, 15) is 31.5 Å². The third-order valence-electron chi connectivity index (χ3n) is 6.50. The van der Waals surface area contributed by atoms with Crippen LogP contribution >= 0.6 is 0 Å². The van der Waals surface area contributed by atoms with Gasteiger partial charge in [0.2, 0.25) is 5.88 Å². The predicted molar refractivity (Wildman–Crippen MR) is 138 cm³/mol. The van der Waals surface area contributed by atoms with Crippen LogP contribution in [0.3, 0.4) is 0 Å². The van der Waals surface area contributed by atoms with Gasteiger partial charge in [0.05, 0.1) is 33.4 Å². The van der Waals surface area contributed by atoms with Gasteiger partial charge in [0.15, 0.2) is 22.9 Å². The molecular formula is C27H19F5N6O4. The minimum absolute atomic E-state index is 0.00311. The topological polar surface area (TPSA) is 127 Å². The van der Waals surface area contributed by atoms with Crippen molar-refractivity contribution in [3.8, 4) is 28.7 Å². The van der Waals surface area contributed by atoms with Gasteiger partial charge in [-0.2, -0.15) is 23.0 Å². The second kappa shape index (κ2) is 10.7. The van der Waals surface area contributed by atoms with Gasteiger partial charge in [-0.05, 0) is 43.7 Å². The van der Waals surface area contributed by atoms with Crippen molar-refractivity contribution in [2.75, 3.05) is 0 Å². The molecule has 0 aliphatic heterocycles. The second-order valence-corrected chi connectivity index (χ2v) is 8.92. The van der Waals surface area contributed by atoms with E-state index in [2.05, 4.69) is 15.1 Å². The number of fused-ring (bicyclic) bond motifs is 1. The van der Waals surface area contributed by atoms with E-state index in [1.54, 1.807) is 6.07 Å². The van der Waals surface area contributed by atoms with Gasteiger partial charge < -0.3 is 15.3 Å². The molecular weight excluding hydrogens is 567 g/mol. The number of carbonyl (C=O) groups excluding carboxylic acids is 1. The van der Waals surface area contributed by atoms with E-state index in [-0.39, 0.29) is 46.7 Å². The zero-order valence-electron chi connectivity index (χ0n) is 21.7. The van der Waals surface area contributed by atoms with Gasteiger partial charge in [0.25, 0.3) is 0 Å². The number of aromatic nitrogens is 5. The summed E-state index contributed by atoms with van der Waals surface area (Å²) < 4.78 is 77.7. The maximum Gasteiger partial charge on any atom is 0.418 e. The Kier molecular flexibility index (Phi) is 7.20. The Morgan fingerprint density at radius 3 is 2.50 bits per heavy atom. The first-order valence-corrected chi connectivity index (χ1v) is 12.1. The summed E-state index contributed by atoms with van der Waals surface area (Å²) in [5, 5.41) is 4.04. The van der Waals surface area contributed by atoms with Crippen molar-refractivity contribution < 1.29 is 36.3 Å². The summed E-state index contributed by atoms with van der Waals surface area (Å²) in [5.74, 6) is -3.15. The van der Waals surface area contributed by atoms with Crippen LogP contribution in [0.5, 0.6) is 11.6 Å². The molecule has 216 valence electrons. The zero-order valence-corrected chi connectivity index (χ0v) is 21.7. The number of alkyl halides is 3. The van der Waals surface area contributed by atoms with Crippen LogP contribution in [-0.4, -0.2) is 31.0 Å². The number of halogens is 5. The lowest BCUT2D eigenvalue weighted by molar-refractivity contribution is -0.138. The molecule has 0 bridgehead atoms. The van der Waals surface area contributed by atoms with Gasteiger partial charge in [-0.25, -0.2) is 23.4 Å². The maximum absolute atomic E-state index is 14.3. The van der Waals surface area contributed by atoms with Gasteiger partial charge >= 0.3 is 12.6 Å². The number of hydrogen-bond donors (Lipinski definition) is 1. The van der Waals surface area contributed by atoms with E-state index < -0.39 is 45.8 Å². The SMILES string of the molecule is Cc1c(Oc2ncc(C(F)(F)F)c(C)c2-c2cc(=O)c3c(-n4nccc4CN)nccc3n2OC=O)ccc(F)c1F. The summed E-state index contributed by atoms with van der Waals surface area (Å²) in [7, 11) is 0. The number of pyridine rings is 3. The molecule has 0 saturated heterocycles. The Balaban J connectivity index is 1.85. The molecule has 10 nitrogen and oxygen atoms in total. The summed E-state index contributed by atoms with van der Waals surface area (Å²) in [6, 6.07) is 5.65. The van der Waals surface area contributed by atoms with Crippen LogP contribution in [0, 0.1) is 25.5 Å². The monoisotopic (exact) mass is 586 g/mol. The second-order valence-electron chi connectivity index (χ2n) is 8.92. The van der Waals surface area contributed by atoms with Crippen LogP contribution in [-0.2, 0) is 17.5 Å². The highest BCUT2D eigenvalue weighted by Crippen LogP contribution is 2.42. The molecule has 0 atom stereocenters. The molecule has 0 fully saturated rings. The van der Waals surface area contributed by atoms with E-state index in [1.807, 2.05) is 0 Å². The number of hydrogen-bond acceptors (Lipinski definition) is 8. The van der Waals surface area contributed by atoms with E-state index in [0.29, 0.717) is 11.9 Å². The Hall–Kier alpha value is -5.18. The Labute approximate surface area is 232 Å². The lowest BCUT2D eigenvalue weighted by atomic mass is 10.0. The summed E-state index contributed by atoms with van der Waals surface area (Å²) in [6.45, 7) is 2.34.